The molecule has 4 unspecified atom stereocenters. The predicted octanol–water partition coefficient (Wildman–Crippen LogP) is 3.14. The lowest BCUT2D eigenvalue weighted by Crippen LogP contribution is -2.37. The standard InChI is InChI=1S/C19H33NO5/c1-5-9-23-12-15-13-6-7-14(11-13)16(15)17(21)24-10-8-20-18(22)25-19(2,3)4/h13-16H,5-12H2,1-4H3,(H,20,22). The van der Waals surface area contributed by atoms with Gasteiger partial charge in [-0.05, 0) is 64.2 Å². The second-order valence-electron chi connectivity index (χ2n) is 8.19. The first-order valence-corrected chi connectivity index (χ1v) is 9.53. The third kappa shape index (κ3) is 5.87. The molecule has 2 aliphatic rings. The summed E-state index contributed by atoms with van der Waals surface area (Å²) in [6.07, 6.45) is 3.94. The van der Waals surface area contributed by atoms with Gasteiger partial charge in [0.05, 0.1) is 19.1 Å². The average molecular weight is 355 g/mol. The minimum Gasteiger partial charge on any atom is -0.464 e. The molecule has 0 aromatic rings. The molecule has 25 heavy (non-hydrogen) atoms. The number of carbonyl (C=O) groups is 2. The number of fused-ring (bicyclic) bond motifs is 2. The zero-order chi connectivity index (χ0) is 18.4. The molecule has 2 bridgehead atoms. The van der Waals surface area contributed by atoms with Crippen LogP contribution in [0, 0.1) is 23.7 Å². The van der Waals surface area contributed by atoms with Crippen molar-refractivity contribution in [2.45, 2.75) is 59.0 Å². The van der Waals surface area contributed by atoms with E-state index in [4.69, 9.17) is 14.2 Å². The number of alkyl carbamates (subject to hydrolysis) is 1. The van der Waals surface area contributed by atoms with Crippen LogP contribution in [0.25, 0.3) is 0 Å². The SMILES string of the molecule is CCCOCC1C2CCC(C2)C1C(=O)OCCNC(=O)OC(C)(C)C. The maximum absolute atomic E-state index is 12.5. The summed E-state index contributed by atoms with van der Waals surface area (Å²) in [5.41, 5.74) is -0.532. The minimum atomic E-state index is -0.532. The Labute approximate surface area is 151 Å². The van der Waals surface area contributed by atoms with E-state index in [1.807, 2.05) is 20.8 Å². The van der Waals surface area contributed by atoms with E-state index in [2.05, 4.69) is 12.2 Å². The molecule has 2 saturated carbocycles. The first-order valence-electron chi connectivity index (χ1n) is 9.53. The lowest BCUT2D eigenvalue weighted by Gasteiger charge is -2.29. The fraction of sp³-hybridized carbons (Fsp3) is 0.895. The molecule has 0 aromatic heterocycles. The van der Waals surface area contributed by atoms with Crippen molar-refractivity contribution in [3.05, 3.63) is 0 Å². The van der Waals surface area contributed by atoms with Crippen LogP contribution in [0.3, 0.4) is 0 Å². The molecule has 1 amide bonds. The first-order chi connectivity index (χ1) is 11.8. The molecule has 0 aliphatic heterocycles. The second kappa shape index (κ2) is 8.88. The summed E-state index contributed by atoms with van der Waals surface area (Å²) in [6, 6.07) is 0. The summed E-state index contributed by atoms with van der Waals surface area (Å²) in [5, 5.41) is 2.61. The van der Waals surface area contributed by atoms with Gasteiger partial charge in [0.25, 0.3) is 0 Å². The largest absolute Gasteiger partial charge is 0.464 e. The molecule has 0 radical (unpaired) electrons. The van der Waals surface area contributed by atoms with Gasteiger partial charge in [-0.15, -0.1) is 0 Å². The number of carbonyl (C=O) groups excluding carboxylic acids is 2. The summed E-state index contributed by atoms with van der Waals surface area (Å²) in [4.78, 5) is 24.1. The molecular weight excluding hydrogens is 322 g/mol. The fourth-order valence-electron chi connectivity index (χ4n) is 4.10. The highest BCUT2D eigenvalue weighted by Gasteiger charge is 2.51. The molecule has 0 heterocycles. The van der Waals surface area contributed by atoms with Crippen LogP contribution in [0.5, 0.6) is 0 Å². The summed E-state index contributed by atoms with van der Waals surface area (Å²) in [7, 11) is 0. The zero-order valence-corrected chi connectivity index (χ0v) is 16.0. The number of hydrogen-bond donors (Lipinski definition) is 1. The Morgan fingerprint density at radius 3 is 2.52 bits per heavy atom. The molecular formula is C19H33NO5. The topological polar surface area (TPSA) is 73.9 Å². The van der Waals surface area contributed by atoms with Crippen molar-refractivity contribution in [3.8, 4) is 0 Å². The van der Waals surface area contributed by atoms with Gasteiger partial charge in [-0.2, -0.15) is 0 Å². The molecule has 1 N–H and O–H groups in total. The van der Waals surface area contributed by atoms with Gasteiger partial charge in [0.2, 0.25) is 0 Å². The van der Waals surface area contributed by atoms with Crippen LogP contribution < -0.4 is 5.32 Å². The molecule has 2 fully saturated rings. The first kappa shape index (κ1) is 20.0. The predicted molar refractivity (Wildman–Crippen MR) is 94.1 cm³/mol. The highest BCUT2D eigenvalue weighted by molar-refractivity contribution is 5.74. The number of hydrogen-bond acceptors (Lipinski definition) is 5. The lowest BCUT2D eigenvalue weighted by atomic mass is 9.80. The third-order valence-electron chi connectivity index (χ3n) is 5.03. The van der Waals surface area contributed by atoms with Gasteiger partial charge in [-0.1, -0.05) is 6.92 Å². The maximum Gasteiger partial charge on any atom is 0.407 e. The third-order valence-corrected chi connectivity index (χ3v) is 5.03. The van der Waals surface area contributed by atoms with Crippen LogP contribution in [-0.2, 0) is 19.0 Å². The monoisotopic (exact) mass is 355 g/mol. The Balaban J connectivity index is 1.73. The van der Waals surface area contributed by atoms with Gasteiger partial charge in [0.15, 0.2) is 0 Å². The molecule has 6 nitrogen and oxygen atoms in total. The van der Waals surface area contributed by atoms with Gasteiger partial charge in [-0.25, -0.2) is 4.79 Å². The van der Waals surface area contributed by atoms with Gasteiger partial charge in [0, 0.05) is 6.61 Å². The molecule has 2 rings (SSSR count). The van der Waals surface area contributed by atoms with Crippen molar-refractivity contribution in [2.75, 3.05) is 26.4 Å². The Hall–Kier alpha value is -1.30. The Morgan fingerprint density at radius 2 is 1.84 bits per heavy atom. The van der Waals surface area contributed by atoms with E-state index in [9.17, 15) is 9.59 Å². The minimum absolute atomic E-state index is 0.0443. The van der Waals surface area contributed by atoms with Gasteiger partial charge in [0.1, 0.15) is 12.2 Å². The zero-order valence-electron chi connectivity index (χ0n) is 16.0. The number of esters is 1. The molecule has 2 aliphatic carbocycles. The van der Waals surface area contributed by atoms with Gasteiger partial charge < -0.3 is 19.5 Å². The van der Waals surface area contributed by atoms with Crippen molar-refractivity contribution in [3.63, 3.8) is 0 Å². The van der Waals surface area contributed by atoms with Gasteiger partial charge in [-0.3, -0.25) is 4.79 Å². The van der Waals surface area contributed by atoms with Crippen molar-refractivity contribution in [1.29, 1.82) is 0 Å². The summed E-state index contributed by atoms with van der Waals surface area (Å²) in [6.45, 7) is 9.35. The highest BCUT2D eigenvalue weighted by atomic mass is 16.6. The van der Waals surface area contributed by atoms with Crippen molar-refractivity contribution < 1.29 is 23.8 Å². The number of rotatable bonds is 8. The average Bonchev–Trinajstić information content (AvgIpc) is 3.11. The lowest BCUT2D eigenvalue weighted by molar-refractivity contribution is -0.153. The van der Waals surface area contributed by atoms with E-state index in [-0.39, 0.29) is 31.0 Å². The molecule has 0 aromatic carbocycles. The second-order valence-corrected chi connectivity index (χ2v) is 8.19. The van der Waals surface area contributed by atoms with Crippen LogP contribution >= 0.6 is 0 Å². The highest BCUT2D eigenvalue weighted by Crippen LogP contribution is 2.52. The molecule has 6 heteroatoms. The number of nitrogens with one attached hydrogen (secondary N) is 1. The maximum atomic E-state index is 12.5. The quantitative estimate of drug-likeness (QED) is 0.535. The normalized spacial score (nSPS) is 28.0. The summed E-state index contributed by atoms with van der Waals surface area (Å²) < 4.78 is 16.3. The van der Waals surface area contributed by atoms with E-state index in [1.165, 1.54) is 6.42 Å². The summed E-state index contributed by atoms with van der Waals surface area (Å²) >= 11 is 0. The van der Waals surface area contributed by atoms with E-state index in [1.54, 1.807) is 0 Å². The Kier molecular flexibility index (Phi) is 7.11. The Bertz CT molecular complexity index is 459. The fourth-order valence-corrected chi connectivity index (χ4v) is 4.10. The van der Waals surface area contributed by atoms with E-state index >= 15 is 0 Å². The van der Waals surface area contributed by atoms with E-state index < -0.39 is 11.7 Å². The summed E-state index contributed by atoms with van der Waals surface area (Å²) in [5.74, 6) is 1.14. The smallest absolute Gasteiger partial charge is 0.407 e. The van der Waals surface area contributed by atoms with E-state index in [0.717, 1.165) is 25.9 Å². The van der Waals surface area contributed by atoms with E-state index in [0.29, 0.717) is 18.4 Å². The van der Waals surface area contributed by atoms with Crippen LogP contribution in [-0.4, -0.2) is 44.0 Å². The Morgan fingerprint density at radius 1 is 1.12 bits per heavy atom. The van der Waals surface area contributed by atoms with Crippen molar-refractivity contribution in [1.82, 2.24) is 5.32 Å². The van der Waals surface area contributed by atoms with Gasteiger partial charge >= 0.3 is 12.1 Å². The van der Waals surface area contributed by atoms with Crippen LogP contribution in [0.2, 0.25) is 0 Å². The van der Waals surface area contributed by atoms with Crippen LogP contribution in [0.15, 0.2) is 0 Å². The van der Waals surface area contributed by atoms with Crippen LogP contribution in [0.1, 0.15) is 53.4 Å². The molecule has 0 saturated heterocycles. The molecule has 144 valence electrons. The molecule has 0 spiro atoms. The van der Waals surface area contributed by atoms with Crippen molar-refractivity contribution in [2.24, 2.45) is 23.7 Å². The molecule has 4 atom stereocenters. The van der Waals surface area contributed by atoms with Crippen LogP contribution in [0.4, 0.5) is 4.79 Å². The van der Waals surface area contributed by atoms with Crippen molar-refractivity contribution >= 4 is 12.1 Å². The number of amides is 1. The number of ether oxygens (including phenoxy) is 3.